The van der Waals surface area contributed by atoms with Gasteiger partial charge < -0.3 is 10.0 Å². The summed E-state index contributed by atoms with van der Waals surface area (Å²) < 4.78 is 14.0. The van der Waals surface area contributed by atoms with Crippen molar-refractivity contribution in [3.8, 4) is 11.3 Å². The number of carbonyl (C=O) groups is 2. The molecular formula is C18H20FN3O3. The van der Waals surface area contributed by atoms with Crippen molar-refractivity contribution in [3.05, 3.63) is 41.8 Å². The normalized spacial score (nSPS) is 17.5. The number of nitrogens with zero attached hydrogens (tertiary/aromatic N) is 2. The average Bonchev–Trinajstić information content (AvgIpc) is 3.09. The van der Waals surface area contributed by atoms with Crippen LogP contribution >= 0.6 is 0 Å². The van der Waals surface area contributed by atoms with Gasteiger partial charge in [0.15, 0.2) is 0 Å². The van der Waals surface area contributed by atoms with Crippen LogP contribution in [-0.4, -0.2) is 45.2 Å². The van der Waals surface area contributed by atoms with Gasteiger partial charge in [0.2, 0.25) is 0 Å². The van der Waals surface area contributed by atoms with Crippen molar-refractivity contribution in [1.82, 2.24) is 15.1 Å². The molecule has 0 radical (unpaired) electrons. The van der Waals surface area contributed by atoms with E-state index in [9.17, 15) is 14.0 Å². The lowest BCUT2D eigenvalue weighted by atomic mass is 9.93. The Morgan fingerprint density at radius 2 is 2.16 bits per heavy atom. The fraction of sp³-hybridized carbons (Fsp3) is 0.389. The van der Waals surface area contributed by atoms with Crippen molar-refractivity contribution in [1.29, 1.82) is 0 Å². The molecule has 1 fully saturated rings. The third kappa shape index (κ3) is 3.87. The summed E-state index contributed by atoms with van der Waals surface area (Å²) >= 11 is 0. The average molecular weight is 345 g/mol. The van der Waals surface area contributed by atoms with Crippen molar-refractivity contribution >= 4 is 11.9 Å². The van der Waals surface area contributed by atoms with Gasteiger partial charge in [-0.3, -0.25) is 14.7 Å². The van der Waals surface area contributed by atoms with Crippen molar-refractivity contribution in [2.75, 3.05) is 13.1 Å². The molecule has 1 atom stereocenters. The van der Waals surface area contributed by atoms with E-state index in [1.54, 1.807) is 23.1 Å². The number of halogens is 1. The van der Waals surface area contributed by atoms with Gasteiger partial charge >= 0.3 is 5.97 Å². The Hall–Kier alpha value is -2.70. The number of hydrogen-bond donors (Lipinski definition) is 2. The maximum absolute atomic E-state index is 14.0. The number of carbonyl (C=O) groups excluding carboxylic acids is 1. The van der Waals surface area contributed by atoms with E-state index in [4.69, 9.17) is 5.11 Å². The number of carboxylic acid groups (broad SMARTS) is 1. The maximum atomic E-state index is 14.0. The molecule has 1 aliphatic rings. The molecule has 0 spiro atoms. The third-order valence-electron chi connectivity index (χ3n) is 4.59. The quantitative estimate of drug-likeness (QED) is 0.872. The predicted octanol–water partition coefficient (Wildman–Crippen LogP) is 2.93. The largest absolute Gasteiger partial charge is 0.481 e. The van der Waals surface area contributed by atoms with Gasteiger partial charge in [-0.05, 0) is 37.3 Å². The number of likely N-dealkylation sites (tertiary alicyclic amines) is 1. The monoisotopic (exact) mass is 345 g/mol. The molecule has 6 nitrogen and oxygen atoms in total. The molecule has 3 rings (SSSR count). The summed E-state index contributed by atoms with van der Waals surface area (Å²) in [5.41, 5.74) is 1.02. The van der Waals surface area contributed by atoms with Crippen LogP contribution in [0.15, 0.2) is 30.5 Å². The van der Waals surface area contributed by atoms with E-state index >= 15 is 0 Å². The number of nitrogens with one attached hydrogen (secondary N) is 1. The molecule has 25 heavy (non-hydrogen) atoms. The van der Waals surface area contributed by atoms with Crippen molar-refractivity contribution in [3.63, 3.8) is 0 Å². The van der Waals surface area contributed by atoms with Gasteiger partial charge in [-0.2, -0.15) is 5.10 Å². The van der Waals surface area contributed by atoms with Crippen molar-refractivity contribution in [2.45, 2.75) is 25.7 Å². The maximum Gasteiger partial charge on any atom is 0.303 e. The number of piperidine rings is 1. The van der Waals surface area contributed by atoms with Gasteiger partial charge in [0.1, 0.15) is 5.82 Å². The number of hydrogen-bond acceptors (Lipinski definition) is 3. The predicted molar refractivity (Wildman–Crippen MR) is 89.5 cm³/mol. The number of carboxylic acids is 1. The molecule has 0 bridgehead atoms. The lowest BCUT2D eigenvalue weighted by Gasteiger charge is -2.32. The number of H-pyrrole nitrogens is 1. The number of rotatable bonds is 5. The molecule has 1 saturated heterocycles. The molecule has 2 aromatic rings. The molecule has 1 aromatic heterocycles. The van der Waals surface area contributed by atoms with E-state index in [2.05, 4.69) is 10.2 Å². The lowest BCUT2D eigenvalue weighted by molar-refractivity contribution is -0.137. The second-order valence-corrected chi connectivity index (χ2v) is 6.33. The molecule has 2 heterocycles. The van der Waals surface area contributed by atoms with Crippen LogP contribution in [0, 0.1) is 11.7 Å². The highest BCUT2D eigenvalue weighted by Gasteiger charge is 2.27. The van der Waals surface area contributed by atoms with Gasteiger partial charge in [0.05, 0.1) is 17.5 Å². The van der Waals surface area contributed by atoms with Crippen LogP contribution in [0.25, 0.3) is 11.3 Å². The summed E-state index contributed by atoms with van der Waals surface area (Å²) in [7, 11) is 0. The SMILES string of the molecule is O=C(O)CCC1CCCN(C(=O)c2cn[nH]c2-c2ccccc2F)C1. The van der Waals surface area contributed by atoms with E-state index in [1.165, 1.54) is 12.3 Å². The van der Waals surface area contributed by atoms with Gasteiger partial charge in [-0.1, -0.05) is 12.1 Å². The van der Waals surface area contributed by atoms with Gasteiger partial charge in [-0.25, -0.2) is 4.39 Å². The Morgan fingerprint density at radius 3 is 2.92 bits per heavy atom. The van der Waals surface area contributed by atoms with Crippen LogP contribution < -0.4 is 0 Å². The molecule has 0 aliphatic carbocycles. The van der Waals surface area contributed by atoms with Crippen LogP contribution in [-0.2, 0) is 4.79 Å². The standard InChI is InChI=1S/C18H20FN3O3/c19-15-6-2-1-5-13(15)17-14(10-20-21-17)18(25)22-9-3-4-12(11-22)7-8-16(23)24/h1-2,5-6,10,12H,3-4,7-9,11H2,(H,20,21)(H,23,24). The van der Waals surface area contributed by atoms with Crippen LogP contribution in [0.1, 0.15) is 36.0 Å². The summed E-state index contributed by atoms with van der Waals surface area (Å²) in [6.45, 7) is 1.14. The molecule has 1 unspecified atom stereocenters. The zero-order valence-corrected chi connectivity index (χ0v) is 13.7. The molecule has 0 saturated carbocycles. The third-order valence-corrected chi connectivity index (χ3v) is 4.59. The second kappa shape index (κ2) is 7.46. The van der Waals surface area contributed by atoms with Crippen LogP contribution in [0.2, 0.25) is 0 Å². The van der Waals surface area contributed by atoms with E-state index in [0.717, 1.165) is 12.8 Å². The Balaban J connectivity index is 1.77. The summed E-state index contributed by atoms with van der Waals surface area (Å²) in [4.78, 5) is 25.3. The van der Waals surface area contributed by atoms with E-state index in [0.29, 0.717) is 36.3 Å². The number of aromatic amines is 1. The van der Waals surface area contributed by atoms with Crippen molar-refractivity contribution in [2.24, 2.45) is 5.92 Å². The Kier molecular flexibility index (Phi) is 5.11. The fourth-order valence-corrected chi connectivity index (χ4v) is 3.30. The highest BCUT2D eigenvalue weighted by molar-refractivity contribution is 5.99. The van der Waals surface area contributed by atoms with E-state index < -0.39 is 11.8 Å². The molecule has 1 aromatic carbocycles. The Bertz CT molecular complexity index is 774. The van der Waals surface area contributed by atoms with Gasteiger partial charge in [-0.15, -0.1) is 0 Å². The molecule has 1 aliphatic heterocycles. The smallest absolute Gasteiger partial charge is 0.303 e. The zero-order valence-electron chi connectivity index (χ0n) is 13.7. The number of amides is 1. The molecule has 2 N–H and O–H groups in total. The highest BCUT2D eigenvalue weighted by atomic mass is 19.1. The van der Waals surface area contributed by atoms with Crippen LogP contribution in [0.5, 0.6) is 0 Å². The van der Waals surface area contributed by atoms with E-state index in [-0.39, 0.29) is 18.2 Å². The van der Waals surface area contributed by atoms with E-state index in [1.807, 2.05) is 0 Å². The summed E-state index contributed by atoms with van der Waals surface area (Å²) in [6, 6.07) is 6.24. The topological polar surface area (TPSA) is 86.3 Å². The summed E-state index contributed by atoms with van der Waals surface area (Å²) in [6.07, 6.45) is 3.85. The first-order valence-corrected chi connectivity index (χ1v) is 8.35. The highest BCUT2D eigenvalue weighted by Crippen LogP contribution is 2.27. The second-order valence-electron chi connectivity index (χ2n) is 6.33. The number of aliphatic carboxylic acids is 1. The molecule has 132 valence electrons. The summed E-state index contributed by atoms with van der Waals surface area (Å²) in [5.74, 6) is -1.26. The van der Waals surface area contributed by atoms with Crippen LogP contribution in [0.3, 0.4) is 0 Å². The minimum absolute atomic E-state index is 0.110. The minimum atomic E-state index is -0.819. The number of aromatic nitrogens is 2. The van der Waals surface area contributed by atoms with Crippen LogP contribution in [0.4, 0.5) is 4.39 Å². The zero-order chi connectivity index (χ0) is 17.8. The molecule has 1 amide bonds. The molecular weight excluding hydrogens is 325 g/mol. The number of benzene rings is 1. The Morgan fingerprint density at radius 1 is 1.36 bits per heavy atom. The first-order valence-electron chi connectivity index (χ1n) is 8.35. The first-order chi connectivity index (χ1) is 12.1. The van der Waals surface area contributed by atoms with Gasteiger partial charge in [0, 0.05) is 25.1 Å². The Labute approximate surface area is 144 Å². The molecule has 7 heteroatoms. The van der Waals surface area contributed by atoms with Crippen molar-refractivity contribution < 1.29 is 19.1 Å². The lowest BCUT2D eigenvalue weighted by Crippen LogP contribution is -2.40. The fourth-order valence-electron chi connectivity index (χ4n) is 3.30. The first kappa shape index (κ1) is 17.1. The van der Waals surface area contributed by atoms with Gasteiger partial charge in [0.25, 0.3) is 5.91 Å². The summed E-state index contributed by atoms with van der Waals surface area (Å²) in [5, 5.41) is 15.5. The minimum Gasteiger partial charge on any atom is -0.481 e.